The van der Waals surface area contributed by atoms with Crippen molar-refractivity contribution in [2.24, 2.45) is 5.73 Å². The minimum atomic E-state index is -4.73. The summed E-state index contributed by atoms with van der Waals surface area (Å²) in [5, 5.41) is -0.810. The summed E-state index contributed by atoms with van der Waals surface area (Å²) in [5.41, 5.74) is 3.12. The quantitative estimate of drug-likeness (QED) is 0.767. The van der Waals surface area contributed by atoms with Crippen LogP contribution in [0.5, 0.6) is 0 Å². The van der Waals surface area contributed by atoms with Crippen molar-refractivity contribution in [3.8, 4) is 0 Å². The Morgan fingerprint density at radius 1 is 1.06 bits per heavy atom. The van der Waals surface area contributed by atoms with Crippen LogP contribution in [0.25, 0.3) is 0 Å². The largest absolute Gasteiger partial charge is 0.417 e. The van der Waals surface area contributed by atoms with Gasteiger partial charge in [-0.3, -0.25) is 0 Å². The maximum atomic E-state index is 12.3. The molecule has 0 saturated carbocycles. The number of rotatable bonds is 1. The molecular formula is C9H7Cl2F6N. The van der Waals surface area contributed by atoms with Crippen LogP contribution >= 0.6 is 24.0 Å². The van der Waals surface area contributed by atoms with Gasteiger partial charge in [-0.05, 0) is 17.7 Å². The zero-order valence-electron chi connectivity index (χ0n) is 8.44. The van der Waals surface area contributed by atoms with E-state index in [2.05, 4.69) is 0 Å². The SMILES string of the molecule is Cl.N[C@@H](c1ccc(C(F)(F)F)c(Cl)c1)C(F)(F)F. The predicted octanol–water partition coefficient (Wildman–Crippen LogP) is 4.34. The molecule has 9 heteroatoms. The summed E-state index contributed by atoms with van der Waals surface area (Å²) in [7, 11) is 0. The van der Waals surface area contributed by atoms with Crippen molar-refractivity contribution in [3.05, 3.63) is 34.3 Å². The normalized spacial score (nSPS) is 14.0. The van der Waals surface area contributed by atoms with E-state index in [0.29, 0.717) is 18.2 Å². The Morgan fingerprint density at radius 3 is 1.89 bits per heavy atom. The van der Waals surface area contributed by atoms with Crippen molar-refractivity contribution < 1.29 is 26.3 Å². The van der Waals surface area contributed by atoms with Gasteiger partial charge in [-0.15, -0.1) is 12.4 Å². The van der Waals surface area contributed by atoms with Crippen molar-refractivity contribution in [2.75, 3.05) is 0 Å². The van der Waals surface area contributed by atoms with Crippen LogP contribution < -0.4 is 5.73 Å². The van der Waals surface area contributed by atoms with Crippen LogP contribution in [0.1, 0.15) is 17.2 Å². The van der Waals surface area contributed by atoms with Crippen LogP contribution in [-0.4, -0.2) is 6.18 Å². The van der Waals surface area contributed by atoms with Gasteiger partial charge in [0.15, 0.2) is 0 Å². The molecule has 0 fully saturated rings. The molecule has 1 aromatic rings. The van der Waals surface area contributed by atoms with E-state index in [1.807, 2.05) is 0 Å². The molecule has 0 spiro atoms. The molecule has 104 valence electrons. The molecule has 0 unspecified atom stereocenters. The first-order chi connectivity index (χ1) is 7.53. The molecule has 0 amide bonds. The highest BCUT2D eigenvalue weighted by molar-refractivity contribution is 6.31. The fraction of sp³-hybridized carbons (Fsp3) is 0.333. The lowest BCUT2D eigenvalue weighted by Crippen LogP contribution is -2.28. The maximum Gasteiger partial charge on any atom is 0.417 e. The Hall–Kier alpha value is -0.660. The molecule has 1 atom stereocenters. The van der Waals surface area contributed by atoms with Gasteiger partial charge in [-0.1, -0.05) is 17.7 Å². The van der Waals surface area contributed by atoms with Gasteiger partial charge in [-0.25, -0.2) is 0 Å². The fourth-order valence-corrected chi connectivity index (χ4v) is 1.44. The Bertz CT molecular complexity index is 414. The predicted molar refractivity (Wildman–Crippen MR) is 56.7 cm³/mol. The van der Waals surface area contributed by atoms with Crippen molar-refractivity contribution in [3.63, 3.8) is 0 Å². The summed E-state index contributed by atoms with van der Waals surface area (Å²) in [6, 6.07) is -0.652. The third-order valence-electron chi connectivity index (χ3n) is 2.01. The second-order valence-corrected chi connectivity index (χ2v) is 3.66. The maximum absolute atomic E-state index is 12.3. The summed E-state index contributed by atoms with van der Waals surface area (Å²) in [6.45, 7) is 0. The molecule has 1 aromatic carbocycles. The molecule has 0 radical (unpaired) electrons. The second kappa shape index (κ2) is 5.54. The second-order valence-electron chi connectivity index (χ2n) is 3.26. The minimum Gasteiger partial charge on any atom is -0.316 e. The molecular weight excluding hydrogens is 307 g/mol. The number of benzene rings is 1. The summed E-state index contributed by atoms with van der Waals surface area (Å²) in [4.78, 5) is 0. The fourth-order valence-electron chi connectivity index (χ4n) is 1.14. The van der Waals surface area contributed by atoms with Crippen molar-refractivity contribution in [1.82, 2.24) is 0 Å². The van der Waals surface area contributed by atoms with Gasteiger partial charge >= 0.3 is 12.4 Å². The minimum absolute atomic E-state index is 0. The van der Waals surface area contributed by atoms with Crippen LogP contribution in [-0.2, 0) is 6.18 Å². The lowest BCUT2D eigenvalue weighted by molar-refractivity contribution is -0.149. The lowest BCUT2D eigenvalue weighted by Gasteiger charge is -2.17. The van der Waals surface area contributed by atoms with E-state index in [4.69, 9.17) is 17.3 Å². The zero-order valence-corrected chi connectivity index (χ0v) is 10.0. The third-order valence-corrected chi connectivity index (χ3v) is 2.32. The highest BCUT2D eigenvalue weighted by Gasteiger charge is 2.39. The van der Waals surface area contributed by atoms with Gasteiger partial charge in [0.2, 0.25) is 0 Å². The van der Waals surface area contributed by atoms with E-state index in [1.165, 1.54) is 0 Å². The summed E-state index contributed by atoms with van der Waals surface area (Å²) in [5.74, 6) is 0. The van der Waals surface area contributed by atoms with Crippen LogP contribution in [0.2, 0.25) is 5.02 Å². The topological polar surface area (TPSA) is 26.0 Å². The number of halogens is 8. The zero-order chi connectivity index (χ0) is 13.4. The number of hydrogen-bond acceptors (Lipinski definition) is 1. The number of alkyl halides is 6. The van der Waals surface area contributed by atoms with E-state index in [-0.39, 0.29) is 12.4 Å². The molecule has 0 saturated heterocycles. The van der Waals surface area contributed by atoms with Crippen molar-refractivity contribution in [1.29, 1.82) is 0 Å². The molecule has 0 aromatic heterocycles. The molecule has 0 aliphatic carbocycles. The monoisotopic (exact) mass is 313 g/mol. The smallest absolute Gasteiger partial charge is 0.316 e. The van der Waals surface area contributed by atoms with Gasteiger partial charge in [0.25, 0.3) is 0 Å². The first kappa shape index (κ1) is 17.3. The molecule has 1 nitrogen and oxygen atoms in total. The van der Waals surface area contributed by atoms with Gasteiger partial charge in [0, 0.05) is 0 Å². The first-order valence-corrected chi connectivity index (χ1v) is 4.60. The van der Waals surface area contributed by atoms with Gasteiger partial charge in [-0.2, -0.15) is 26.3 Å². The molecule has 0 heterocycles. The Balaban J connectivity index is 0.00000289. The molecule has 0 bridgehead atoms. The first-order valence-electron chi connectivity index (χ1n) is 4.22. The van der Waals surface area contributed by atoms with Crippen LogP contribution in [0.15, 0.2) is 18.2 Å². The molecule has 0 aliphatic heterocycles. The van der Waals surface area contributed by atoms with E-state index in [9.17, 15) is 26.3 Å². The third kappa shape index (κ3) is 3.93. The number of hydrogen-bond donors (Lipinski definition) is 1. The summed E-state index contributed by atoms with van der Waals surface area (Å²) >= 11 is 5.27. The standard InChI is InChI=1S/C9H6ClF6N.ClH/c10-6-3-4(7(17)9(14,15)16)1-2-5(6)8(11,12)13;/h1-3,7H,17H2;1H/t7-;/m0./s1. The van der Waals surface area contributed by atoms with Crippen LogP contribution in [0, 0.1) is 0 Å². The van der Waals surface area contributed by atoms with Gasteiger partial charge < -0.3 is 5.73 Å². The van der Waals surface area contributed by atoms with Crippen LogP contribution in [0.4, 0.5) is 26.3 Å². The summed E-state index contributed by atoms with van der Waals surface area (Å²) < 4.78 is 73.5. The van der Waals surface area contributed by atoms with E-state index < -0.39 is 34.5 Å². The van der Waals surface area contributed by atoms with E-state index >= 15 is 0 Å². The van der Waals surface area contributed by atoms with Crippen LogP contribution in [0.3, 0.4) is 0 Å². The van der Waals surface area contributed by atoms with Crippen molar-refractivity contribution in [2.45, 2.75) is 18.4 Å². The molecule has 0 aliphatic rings. The molecule has 1 rings (SSSR count). The van der Waals surface area contributed by atoms with Gasteiger partial charge in [0.1, 0.15) is 6.04 Å². The van der Waals surface area contributed by atoms with Crippen molar-refractivity contribution >= 4 is 24.0 Å². The Kier molecular flexibility index (Phi) is 5.34. The van der Waals surface area contributed by atoms with Gasteiger partial charge in [0.05, 0.1) is 10.6 Å². The highest BCUT2D eigenvalue weighted by Crippen LogP contribution is 2.37. The van der Waals surface area contributed by atoms with E-state index in [1.54, 1.807) is 0 Å². The lowest BCUT2D eigenvalue weighted by atomic mass is 10.0. The molecule has 2 N–H and O–H groups in total. The average molecular weight is 314 g/mol. The Labute approximate surface area is 109 Å². The Morgan fingerprint density at radius 2 is 1.56 bits per heavy atom. The average Bonchev–Trinajstić information content (AvgIpc) is 2.12. The molecule has 18 heavy (non-hydrogen) atoms. The summed E-state index contributed by atoms with van der Waals surface area (Å²) in [6.07, 6.45) is -9.44. The highest BCUT2D eigenvalue weighted by atomic mass is 35.5. The number of nitrogens with two attached hydrogens (primary N) is 1. The van der Waals surface area contributed by atoms with E-state index in [0.717, 1.165) is 0 Å².